The quantitative estimate of drug-likeness (QED) is 0.519. The van der Waals surface area contributed by atoms with Crippen molar-refractivity contribution in [3.8, 4) is 0 Å². The molecule has 0 saturated heterocycles. The molecule has 0 heterocycles. The van der Waals surface area contributed by atoms with Gasteiger partial charge in [-0.3, -0.25) is 14.9 Å². The van der Waals surface area contributed by atoms with Crippen LogP contribution in [0.2, 0.25) is 0 Å². The number of fused-ring (bicyclic) bond motifs is 1. The summed E-state index contributed by atoms with van der Waals surface area (Å²) in [4.78, 5) is 22.3. The number of anilines is 1. The van der Waals surface area contributed by atoms with E-state index in [4.69, 9.17) is 0 Å². The maximum atomic E-state index is 12.0. The number of benzene rings is 3. The first-order valence-electron chi connectivity index (χ1n) is 7.72. The van der Waals surface area contributed by atoms with Gasteiger partial charge in [0.2, 0.25) is 5.91 Å². The molecule has 1 amide bonds. The van der Waals surface area contributed by atoms with Crippen LogP contribution in [0.3, 0.4) is 0 Å². The molecular weight excluding hydrogens is 336 g/mol. The maximum Gasteiger partial charge on any atom is 0.271 e. The number of amides is 1. The lowest BCUT2D eigenvalue weighted by molar-refractivity contribution is -0.384. The Morgan fingerprint density at radius 1 is 1.04 bits per heavy atom. The average Bonchev–Trinajstić information content (AvgIpc) is 2.62. The highest BCUT2D eigenvalue weighted by Gasteiger charge is 2.09. The Balaban J connectivity index is 1.57. The number of hydrogen-bond donors (Lipinski definition) is 1. The van der Waals surface area contributed by atoms with E-state index in [0.717, 1.165) is 5.75 Å². The normalized spacial score (nSPS) is 10.6. The minimum atomic E-state index is -0.481. The van der Waals surface area contributed by atoms with Gasteiger partial charge in [0.05, 0.1) is 10.7 Å². The zero-order valence-corrected chi connectivity index (χ0v) is 14.2. The Bertz CT molecular complexity index is 922. The van der Waals surface area contributed by atoms with Crippen molar-refractivity contribution in [2.45, 2.75) is 5.75 Å². The Morgan fingerprint density at radius 3 is 2.64 bits per heavy atom. The molecule has 3 aromatic carbocycles. The molecule has 0 atom stereocenters. The molecule has 0 saturated carbocycles. The summed E-state index contributed by atoms with van der Waals surface area (Å²) in [5, 5.41) is 15.8. The summed E-state index contributed by atoms with van der Waals surface area (Å²) < 4.78 is 0. The largest absolute Gasteiger partial charge is 0.325 e. The molecule has 0 fully saturated rings. The van der Waals surface area contributed by atoms with Crippen molar-refractivity contribution in [2.24, 2.45) is 0 Å². The highest BCUT2D eigenvalue weighted by molar-refractivity contribution is 7.99. The van der Waals surface area contributed by atoms with Gasteiger partial charge in [0.15, 0.2) is 0 Å². The topological polar surface area (TPSA) is 72.2 Å². The van der Waals surface area contributed by atoms with E-state index in [9.17, 15) is 14.9 Å². The van der Waals surface area contributed by atoms with Gasteiger partial charge in [0, 0.05) is 23.6 Å². The van der Waals surface area contributed by atoms with Gasteiger partial charge in [0.1, 0.15) is 0 Å². The SMILES string of the molecule is O=C(CSCc1cccc2ccccc12)Nc1cccc([N+](=O)[O-])c1. The first kappa shape index (κ1) is 17.0. The number of thioether (sulfide) groups is 1. The van der Waals surface area contributed by atoms with E-state index in [1.54, 1.807) is 12.1 Å². The first-order chi connectivity index (χ1) is 12.1. The first-order valence-corrected chi connectivity index (χ1v) is 8.87. The maximum absolute atomic E-state index is 12.0. The van der Waals surface area contributed by atoms with Crippen molar-refractivity contribution in [2.75, 3.05) is 11.1 Å². The predicted molar refractivity (Wildman–Crippen MR) is 102 cm³/mol. The molecule has 3 rings (SSSR count). The third-order valence-corrected chi connectivity index (χ3v) is 4.69. The second-order valence-electron chi connectivity index (χ2n) is 5.49. The van der Waals surface area contributed by atoms with Gasteiger partial charge in [-0.05, 0) is 22.4 Å². The van der Waals surface area contributed by atoms with Gasteiger partial charge in [-0.1, -0.05) is 48.5 Å². The van der Waals surface area contributed by atoms with Crippen LogP contribution in [0.5, 0.6) is 0 Å². The molecule has 6 heteroatoms. The van der Waals surface area contributed by atoms with Crippen LogP contribution in [0.25, 0.3) is 10.8 Å². The molecule has 3 aromatic rings. The molecule has 0 bridgehead atoms. The van der Waals surface area contributed by atoms with Gasteiger partial charge in [-0.15, -0.1) is 11.8 Å². The van der Waals surface area contributed by atoms with Gasteiger partial charge in [-0.2, -0.15) is 0 Å². The van der Waals surface area contributed by atoms with E-state index in [-0.39, 0.29) is 17.3 Å². The van der Waals surface area contributed by atoms with Crippen molar-refractivity contribution in [3.63, 3.8) is 0 Å². The summed E-state index contributed by atoms with van der Waals surface area (Å²) in [5.74, 6) is 0.834. The monoisotopic (exact) mass is 352 g/mol. The van der Waals surface area contributed by atoms with E-state index < -0.39 is 4.92 Å². The number of nitrogens with one attached hydrogen (secondary N) is 1. The molecular formula is C19H16N2O3S. The fourth-order valence-electron chi connectivity index (χ4n) is 2.57. The van der Waals surface area contributed by atoms with Crippen LogP contribution in [0, 0.1) is 10.1 Å². The lowest BCUT2D eigenvalue weighted by atomic mass is 10.1. The zero-order valence-electron chi connectivity index (χ0n) is 13.3. The smallest absolute Gasteiger partial charge is 0.271 e. The van der Waals surface area contributed by atoms with E-state index in [0.29, 0.717) is 5.69 Å². The van der Waals surface area contributed by atoms with Crippen LogP contribution in [-0.2, 0) is 10.5 Å². The lowest BCUT2D eigenvalue weighted by Crippen LogP contribution is -2.14. The predicted octanol–water partition coefficient (Wildman–Crippen LogP) is 4.62. The fraction of sp³-hybridized carbons (Fsp3) is 0.105. The molecule has 0 radical (unpaired) electrons. The second kappa shape index (κ2) is 7.81. The lowest BCUT2D eigenvalue weighted by Gasteiger charge is -2.07. The Hall–Kier alpha value is -2.86. The van der Waals surface area contributed by atoms with Crippen LogP contribution in [-0.4, -0.2) is 16.6 Å². The van der Waals surface area contributed by atoms with Gasteiger partial charge >= 0.3 is 0 Å². The second-order valence-corrected chi connectivity index (χ2v) is 6.47. The third-order valence-electron chi connectivity index (χ3n) is 3.71. The zero-order chi connectivity index (χ0) is 17.6. The standard InChI is InChI=1S/C19H16N2O3S/c22-19(20-16-8-4-9-17(11-16)21(23)24)13-25-12-15-7-3-6-14-5-1-2-10-18(14)15/h1-11H,12-13H2,(H,20,22). The van der Waals surface area contributed by atoms with E-state index >= 15 is 0 Å². The average molecular weight is 352 g/mol. The summed E-state index contributed by atoms with van der Waals surface area (Å²) in [6.45, 7) is 0. The highest BCUT2D eigenvalue weighted by atomic mass is 32.2. The number of non-ortho nitro benzene ring substituents is 1. The molecule has 0 aromatic heterocycles. The molecule has 25 heavy (non-hydrogen) atoms. The third kappa shape index (κ3) is 4.36. The molecule has 126 valence electrons. The summed E-state index contributed by atoms with van der Waals surface area (Å²) >= 11 is 1.51. The molecule has 0 aliphatic carbocycles. The van der Waals surface area contributed by atoms with Crippen molar-refractivity contribution < 1.29 is 9.72 Å². The summed E-state index contributed by atoms with van der Waals surface area (Å²) in [6.07, 6.45) is 0. The molecule has 1 N–H and O–H groups in total. The number of nitro groups is 1. The number of nitro benzene ring substituents is 1. The molecule has 0 aliphatic rings. The highest BCUT2D eigenvalue weighted by Crippen LogP contribution is 2.23. The van der Waals surface area contributed by atoms with Crippen LogP contribution in [0.15, 0.2) is 66.7 Å². The Morgan fingerprint density at radius 2 is 1.80 bits per heavy atom. The minimum Gasteiger partial charge on any atom is -0.325 e. The van der Waals surface area contributed by atoms with Crippen molar-refractivity contribution in [1.29, 1.82) is 0 Å². The van der Waals surface area contributed by atoms with Gasteiger partial charge < -0.3 is 5.32 Å². The summed E-state index contributed by atoms with van der Waals surface area (Å²) in [6, 6.07) is 20.2. The number of nitrogens with zero attached hydrogens (tertiary/aromatic N) is 1. The van der Waals surface area contributed by atoms with Crippen molar-refractivity contribution in [3.05, 3.63) is 82.4 Å². The Labute approximate surface area is 149 Å². The van der Waals surface area contributed by atoms with Crippen LogP contribution in [0.4, 0.5) is 11.4 Å². The van der Waals surface area contributed by atoms with E-state index in [1.807, 2.05) is 18.2 Å². The van der Waals surface area contributed by atoms with Crippen molar-refractivity contribution >= 4 is 39.8 Å². The Kier molecular flexibility index (Phi) is 5.30. The number of rotatable bonds is 6. The van der Waals surface area contributed by atoms with Crippen LogP contribution < -0.4 is 5.32 Å². The van der Waals surface area contributed by atoms with Gasteiger partial charge in [0.25, 0.3) is 5.69 Å². The molecule has 5 nitrogen and oxygen atoms in total. The number of hydrogen-bond acceptors (Lipinski definition) is 4. The minimum absolute atomic E-state index is 0.0405. The van der Waals surface area contributed by atoms with Crippen LogP contribution >= 0.6 is 11.8 Å². The molecule has 0 aliphatic heterocycles. The van der Waals surface area contributed by atoms with Crippen molar-refractivity contribution in [1.82, 2.24) is 0 Å². The molecule has 0 spiro atoms. The van der Waals surface area contributed by atoms with Crippen LogP contribution in [0.1, 0.15) is 5.56 Å². The van der Waals surface area contributed by atoms with E-state index in [1.165, 1.54) is 40.2 Å². The van der Waals surface area contributed by atoms with E-state index in [2.05, 4.69) is 29.6 Å². The fourth-order valence-corrected chi connectivity index (χ4v) is 3.40. The van der Waals surface area contributed by atoms with Gasteiger partial charge in [-0.25, -0.2) is 0 Å². The molecule has 0 unspecified atom stereocenters. The number of carbonyl (C=O) groups excluding carboxylic acids is 1. The summed E-state index contributed by atoms with van der Waals surface area (Å²) in [7, 11) is 0. The summed E-state index contributed by atoms with van der Waals surface area (Å²) in [5.41, 5.74) is 1.58. The number of carbonyl (C=O) groups is 1.